The first-order valence-electron chi connectivity index (χ1n) is 8.00. The van der Waals surface area contributed by atoms with Crippen molar-refractivity contribution >= 4 is 16.9 Å². The smallest absolute Gasteiger partial charge is 0.220 e. The summed E-state index contributed by atoms with van der Waals surface area (Å²) in [5, 5.41) is 8.48. The van der Waals surface area contributed by atoms with Crippen LogP contribution in [-0.4, -0.2) is 40.9 Å². The summed E-state index contributed by atoms with van der Waals surface area (Å²) in [6, 6.07) is 0. The second-order valence-corrected chi connectivity index (χ2v) is 5.90. The number of pyridine rings is 1. The van der Waals surface area contributed by atoms with Gasteiger partial charge < -0.3 is 10.1 Å². The lowest BCUT2D eigenvalue weighted by Crippen LogP contribution is -2.25. The van der Waals surface area contributed by atoms with Crippen LogP contribution < -0.4 is 5.32 Å². The van der Waals surface area contributed by atoms with Crippen LogP contribution in [0.4, 0.5) is 0 Å². The fourth-order valence-electron chi connectivity index (χ4n) is 3.00. The fraction of sp³-hybridized carbons (Fsp3) is 0.588. The van der Waals surface area contributed by atoms with Gasteiger partial charge in [0, 0.05) is 44.8 Å². The largest absolute Gasteiger partial charge is 0.385 e. The number of carbonyl (C=O) groups is 1. The minimum absolute atomic E-state index is 0.0721. The van der Waals surface area contributed by atoms with Crippen molar-refractivity contribution in [2.45, 2.75) is 40.0 Å². The standard InChI is InChI=1S/C17H26N4O2/c1-11-14(7-8-15(22)18-9-6-10-23-5)12(2)19-17-16(11)13(3)20-21(17)4/h6-10H2,1-5H3,(H,18,22). The van der Waals surface area contributed by atoms with E-state index in [1.54, 1.807) is 7.11 Å². The predicted molar refractivity (Wildman–Crippen MR) is 90.5 cm³/mol. The number of ether oxygens (including phenoxy) is 1. The minimum atomic E-state index is 0.0721. The van der Waals surface area contributed by atoms with E-state index < -0.39 is 0 Å². The van der Waals surface area contributed by atoms with E-state index in [1.165, 1.54) is 5.56 Å². The number of fused-ring (bicyclic) bond motifs is 1. The molecule has 0 atom stereocenters. The average molecular weight is 318 g/mol. The normalized spacial score (nSPS) is 11.2. The van der Waals surface area contributed by atoms with E-state index in [0.717, 1.165) is 34.4 Å². The van der Waals surface area contributed by atoms with E-state index >= 15 is 0 Å². The Balaban J connectivity index is 2.08. The molecule has 2 rings (SSSR count). The summed E-state index contributed by atoms with van der Waals surface area (Å²) in [6.07, 6.45) is 2.01. The number of aryl methyl sites for hydroxylation is 4. The molecular weight excluding hydrogens is 292 g/mol. The zero-order chi connectivity index (χ0) is 17.0. The number of nitrogens with zero attached hydrogens (tertiary/aromatic N) is 3. The highest BCUT2D eigenvalue weighted by molar-refractivity contribution is 5.84. The Morgan fingerprint density at radius 2 is 2.00 bits per heavy atom. The van der Waals surface area contributed by atoms with Gasteiger partial charge in [0.25, 0.3) is 0 Å². The van der Waals surface area contributed by atoms with Crippen LogP contribution in [0, 0.1) is 20.8 Å². The van der Waals surface area contributed by atoms with Gasteiger partial charge in [0.1, 0.15) is 0 Å². The Kier molecular flexibility index (Phi) is 5.71. The van der Waals surface area contributed by atoms with Gasteiger partial charge in [-0.1, -0.05) is 0 Å². The van der Waals surface area contributed by atoms with Crippen LogP contribution in [0.5, 0.6) is 0 Å². The molecule has 0 aromatic carbocycles. The van der Waals surface area contributed by atoms with Crippen LogP contribution in [0.3, 0.4) is 0 Å². The highest BCUT2D eigenvalue weighted by atomic mass is 16.5. The first-order valence-corrected chi connectivity index (χ1v) is 8.00. The summed E-state index contributed by atoms with van der Waals surface area (Å²) in [6.45, 7) is 7.42. The molecule has 0 saturated heterocycles. The molecule has 0 unspecified atom stereocenters. The molecule has 0 saturated carbocycles. The number of hydrogen-bond donors (Lipinski definition) is 1. The molecule has 6 nitrogen and oxygen atoms in total. The van der Waals surface area contributed by atoms with Crippen molar-refractivity contribution in [2.75, 3.05) is 20.3 Å². The lowest BCUT2D eigenvalue weighted by atomic mass is 9.99. The molecule has 0 bridgehead atoms. The third kappa shape index (κ3) is 3.88. The quantitative estimate of drug-likeness (QED) is 0.793. The van der Waals surface area contributed by atoms with Gasteiger partial charge in [0.15, 0.2) is 5.65 Å². The maximum absolute atomic E-state index is 11.9. The molecule has 23 heavy (non-hydrogen) atoms. The molecule has 1 amide bonds. The van der Waals surface area contributed by atoms with Gasteiger partial charge >= 0.3 is 0 Å². The van der Waals surface area contributed by atoms with Gasteiger partial charge in [-0.25, -0.2) is 4.98 Å². The summed E-state index contributed by atoms with van der Waals surface area (Å²) in [4.78, 5) is 16.6. The summed E-state index contributed by atoms with van der Waals surface area (Å²) in [7, 11) is 3.57. The molecule has 6 heteroatoms. The van der Waals surface area contributed by atoms with E-state index in [-0.39, 0.29) is 5.91 Å². The van der Waals surface area contributed by atoms with E-state index in [2.05, 4.69) is 22.3 Å². The first-order chi connectivity index (χ1) is 11.0. The SMILES string of the molecule is COCCCNC(=O)CCc1c(C)nc2c(c(C)nn2C)c1C. The molecule has 0 radical (unpaired) electrons. The Morgan fingerprint density at radius 3 is 2.70 bits per heavy atom. The molecule has 0 aliphatic carbocycles. The zero-order valence-corrected chi connectivity index (χ0v) is 14.7. The average Bonchev–Trinajstić information content (AvgIpc) is 2.78. The van der Waals surface area contributed by atoms with E-state index in [0.29, 0.717) is 26.0 Å². The molecule has 0 aliphatic heterocycles. The third-order valence-corrected chi connectivity index (χ3v) is 4.18. The van der Waals surface area contributed by atoms with Crippen molar-refractivity contribution < 1.29 is 9.53 Å². The van der Waals surface area contributed by atoms with Crippen LogP contribution in [0.2, 0.25) is 0 Å². The summed E-state index contributed by atoms with van der Waals surface area (Å²) in [5.41, 5.74) is 5.21. The topological polar surface area (TPSA) is 69.0 Å². The number of nitrogens with one attached hydrogen (secondary N) is 1. The summed E-state index contributed by atoms with van der Waals surface area (Å²) >= 11 is 0. The van der Waals surface area contributed by atoms with Crippen LogP contribution >= 0.6 is 0 Å². The number of carbonyl (C=O) groups excluding carboxylic acids is 1. The van der Waals surface area contributed by atoms with Crippen LogP contribution in [0.25, 0.3) is 11.0 Å². The molecule has 0 aliphatic rings. The van der Waals surface area contributed by atoms with Gasteiger partial charge in [-0.05, 0) is 44.7 Å². The Labute approximate surface area is 137 Å². The van der Waals surface area contributed by atoms with Gasteiger partial charge in [-0.3, -0.25) is 9.48 Å². The van der Waals surface area contributed by atoms with E-state index in [4.69, 9.17) is 4.74 Å². The molecule has 126 valence electrons. The molecular formula is C17H26N4O2. The molecule has 2 aromatic heterocycles. The van der Waals surface area contributed by atoms with Gasteiger partial charge in [0.2, 0.25) is 5.91 Å². The van der Waals surface area contributed by atoms with Crippen LogP contribution in [-0.2, 0) is 23.0 Å². The Morgan fingerprint density at radius 1 is 1.26 bits per heavy atom. The third-order valence-electron chi connectivity index (χ3n) is 4.18. The van der Waals surface area contributed by atoms with Crippen LogP contribution in [0.1, 0.15) is 35.4 Å². The highest BCUT2D eigenvalue weighted by Gasteiger charge is 2.15. The molecule has 1 N–H and O–H groups in total. The minimum Gasteiger partial charge on any atom is -0.385 e. The van der Waals surface area contributed by atoms with Crippen LogP contribution in [0.15, 0.2) is 0 Å². The van der Waals surface area contributed by atoms with Gasteiger partial charge in [-0.15, -0.1) is 0 Å². The van der Waals surface area contributed by atoms with E-state index in [1.807, 2.05) is 25.6 Å². The number of amides is 1. The Hall–Kier alpha value is -1.95. The van der Waals surface area contributed by atoms with Crippen molar-refractivity contribution in [1.29, 1.82) is 0 Å². The van der Waals surface area contributed by atoms with Crippen molar-refractivity contribution in [3.63, 3.8) is 0 Å². The predicted octanol–water partition coefficient (Wildman–Crippen LogP) is 1.98. The van der Waals surface area contributed by atoms with Crippen molar-refractivity contribution in [3.05, 3.63) is 22.5 Å². The number of rotatable bonds is 7. The summed E-state index contributed by atoms with van der Waals surface area (Å²) in [5.74, 6) is 0.0721. The number of aromatic nitrogens is 3. The maximum atomic E-state index is 11.9. The second kappa shape index (κ2) is 7.55. The number of methoxy groups -OCH3 is 1. The van der Waals surface area contributed by atoms with Crippen molar-refractivity contribution in [3.8, 4) is 0 Å². The fourth-order valence-corrected chi connectivity index (χ4v) is 3.00. The van der Waals surface area contributed by atoms with Gasteiger partial charge in [-0.2, -0.15) is 5.10 Å². The molecule has 2 heterocycles. The molecule has 2 aromatic rings. The Bertz CT molecular complexity index is 706. The monoisotopic (exact) mass is 318 g/mol. The lowest BCUT2D eigenvalue weighted by Gasteiger charge is -2.11. The molecule has 0 fully saturated rings. The lowest BCUT2D eigenvalue weighted by molar-refractivity contribution is -0.121. The van der Waals surface area contributed by atoms with Gasteiger partial charge in [0.05, 0.1) is 5.69 Å². The second-order valence-electron chi connectivity index (χ2n) is 5.90. The maximum Gasteiger partial charge on any atom is 0.220 e. The highest BCUT2D eigenvalue weighted by Crippen LogP contribution is 2.25. The summed E-state index contributed by atoms with van der Waals surface area (Å²) < 4.78 is 6.79. The molecule has 0 spiro atoms. The zero-order valence-electron chi connectivity index (χ0n) is 14.7. The first kappa shape index (κ1) is 17.4. The number of hydrogen-bond acceptors (Lipinski definition) is 4. The van der Waals surface area contributed by atoms with Crippen molar-refractivity contribution in [1.82, 2.24) is 20.1 Å². The van der Waals surface area contributed by atoms with Crippen molar-refractivity contribution in [2.24, 2.45) is 7.05 Å². The van der Waals surface area contributed by atoms with E-state index in [9.17, 15) is 4.79 Å².